The molecule has 0 fully saturated rings. The van der Waals surface area contributed by atoms with E-state index in [0.717, 1.165) is 6.20 Å². The summed E-state index contributed by atoms with van der Waals surface area (Å²) in [5.74, 6) is -1.05. The van der Waals surface area contributed by atoms with Gasteiger partial charge >= 0.3 is 5.69 Å². The molecule has 0 radical (unpaired) electrons. The van der Waals surface area contributed by atoms with Gasteiger partial charge in [-0.2, -0.15) is 0 Å². The molecule has 1 aromatic carbocycles. The van der Waals surface area contributed by atoms with Crippen LogP contribution in [0.25, 0.3) is 33.5 Å². The van der Waals surface area contributed by atoms with Crippen LogP contribution in [0.2, 0.25) is 0 Å². The Kier molecular flexibility index (Phi) is 3.19. The van der Waals surface area contributed by atoms with Gasteiger partial charge in [-0.05, 0) is 24.3 Å². The van der Waals surface area contributed by atoms with E-state index in [0.29, 0.717) is 11.1 Å². The lowest BCUT2D eigenvalue weighted by Gasteiger charge is -2.11. The highest BCUT2D eigenvalue weighted by atomic mass is 19.1. The number of nitrogens with zero attached hydrogens (tertiary/aromatic N) is 2. The highest BCUT2D eigenvalue weighted by Crippen LogP contribution is 2.34. The molecule has 0 unspecified atom stereocenters. The van der Waals surface area contributed by atoms with E-state index in [1.807, 2.05) is 0 Å². The van der Waals surface area contributed by atoms with Gasteiger partial charge in [0.25, 0.3) is 0 Å². The molecule has 0 amide bonds. The molecular weight excluding hydrogens is 314 g/mol. The number of imidazole rings is 1. The molecule has 0 aliphatic carbocycles. The minimum atomic E-state index is -0.561. The summed E-state index contributed by atoms with van der Waals surface area (Å²) in [5.41, 5.74) is 1.28. The monoisotopic (exact) mass is 324 g/mol. The molecule has 118 valence electrons. The second kappa shape index (κ2) is 5.38. The van der Waals surface area contributed by atoms with Crippen LogP contribution in [0.3, 0.4) is 0 Å². The fraction of sp³-hybridized carbons (Fsp3) is 0. The van der Waals surface area contributed by atoms with E-state index in [-0.39, 0.29) is 22.5 Å². The lowest BCUT2D eigenvalue weighted by molar-refractivity contribution is 0.624. The van der Waals surface area contributed by atoms with Gasteiger partial charge in [-0.15, -0.1) is 0 Å². The van der Waals surface area contributed by atoms with Crippen LogP contribution >= 0.6 is 0 Å². The summed E-state index contributed by atoms with van der Waals surface area (Å²) in [5, 5.41) is 0. The zero-order valence-electron chi connectivity index (χ0n) is 12.2. The second-order valence-electron chi connectivity index (χ2n) is 5.20. The number of aromatic amines is 2. The van der Waals surface area contributed by atoms with Gasteiger partial charge < -0.3 is 4.98 Å². The number of benzene rings is 1. The summed E-state index contributed by atoms with van der Waals surface area (Å²) in [7, 11) is 0. The van der Waals surface area contributed by atoms with Crippen LogP contribution in [0.5, 0.6) is 0 Å². The standard InChI is InChI=1S/C17H10F2N4O/c18-12-4-2-1-3-10(12)15-11(9-5-6-20-8-13(9)19)7-14-16(22-15)23-17(24)21-14/h1-8H,(H2,21,22,23,24). The lowest BCUT2D eigenvalue weighted by Crippen LogP contribution is -1.99. The number of H-pyrrole nitrogens is 2. The summed E-state index contributed by atoms with van der Waals surface area (Å²) >= 11 is 0. The van der Waals surface area contributed by atoms with Crippen molar-refractivity contribution >= 4 is 11.2 Å². The summed E-state index contributed by atoms with van der Waals surface area (Å²) in [6.45, 7) is 0. The van der Waals surface area contributed by atoms with E-state index < -0.39 is 17.3 Å². The molecule has 0 atom stereocenters. The van der Waals surface area contributed by atoms with Gasteiger partial charge in [0.1, 0.15) is 11.6 Å². The Balaban J connectivity index is 2.10. The molecule has 0 bridgehead atoms. The highest BCUT2D eigenvalue weighted by Gasteiger charge is 2.17. The SMILES string of the molecule is O=c1[nH]c2cc(-c3ccncc3F)c(-c3ccccc3F)nc2[nH]1. The smallest absolute Gasteiger partial charge is 0.304 e. The molecule has 5 nitrogen and oxygen atoms in total. The van der Waals surface area contributed by atoms with Crippen molar-refractivity contribution in [3.63, 3.8) is 0 Å². The van der Waals surface area contributed by atoms with Gasteiger partial charge in [0.05, 0.1) is 17.4 Å². The summed E-state index contributed by atoms with van der Waals surface area (Å²) in [6, 6.07) is 9.12. The first-order valence-corrected chi connectivity index (χ1v) is 7.11. The van der Waals surface area contributed by atoms with Crippen molar-refractivity contribution in [2.45, 2.75) is 0 Å². The normalized spacial score (nSPS) is 11.1. The van der Waals surface area contributed by atoms with Crippen molar-refractivity contribution in [2.24, 2.45) is 0 Å². The van der Waals surface area contributed by atoms with Crippen molar-refractivity contribution in [3.8, 4) is 22.4 Å². The van der Waals surface area contributed by atoms with Crippen LogP contribution in [0.4, 0.5) is 8.78 Å². The predicted molar refractivity (Wildman–Crippen MR) is 85.3 cm³/mol. The number of hydrogen-bond donors (Lipinski definition) is 2. The molecule has 24 heavy (non-hydrogen) atoms. The van der Waals surface area contributed by atoms with E-state index in [2.05, 4.69) is 19.9 Å². The maximum absolute atomic E-state index is 14.3. The largest absolute Gasteiger partial charge is 0.325 e. The number of pyridine rings is 2. The third-order valence-electron chi connectivity index (χ3n) is 3.69. The Labute approximate surface area is 134 Å². The van der Waals surface area contributed by atoms with Crippen LogP contribution in [0, 0.1) is 11.6 Å². The first kappa shape index (κ1) is 14.3. The van der Waals surface area contributed by atoms with Gasteiger partial charge in [-0.1, -0.05) is 12.1 Å². The minimum absolute atomic E-state index is 0.215. The topological polar surface area (TPSA) is 74.4 Å². The average Bonchev–Trinajstić information content (AvgIpc) is 2.94. The van der Waals surface area contributed by atoms with Crippen molar-refractivity contribution in [2.75, 3.05) is 0 Å². The zero-order valence-corrected chi connectivity index (χ0v) is 12.2. The number of rotatable bonds is 2. The van der Waals surface area contributed by atoms with E-state index in [4.69, 9.17) is 0 Å². The Hall–Kier alpha value is -3.35. The van der Waals surface area contributed by atoms with Crippen LogP contribution in [0.15, 0.2) is 53.6 Å². The van der Waals surface area contributed by atoms with Gasteiger partial charge in [0, 0.05) is 22.9 Å². The Morgan fingerprint density at radius 3 is 2.54 bits per heavy atom. The van der Waals surface area contributed by atoms with Crippen molar-refractivity contribution in [3.05, 3.63) is 70.9 Å². The lowest BCUT2D eigenvalue weighted by atomic mass is 9.99. The van der Waals surface area contributed by atoms with Gasteiger partial charge in [-0.25, -0.2) is 18.6 Å². The first-order chi connectivity index (χ1) is 11.6. The van der Waals surface area contributed by atoms with Gasteiger partial charge in [0.2, 0.25) is 0 Å². The van der Waals surface area contributed by atoms with E-state index in [9.17, 15) is 13.6 Å². The molecule has 3 aromatic heterocycles. The number of aromatic nitrogens is 4. The van der Waals surface area contributed by atoms with Crippen LogP contribution in [0.1, 0.15) is 0 Å². The Morgan fingerprint density at radius 1 is 0.917 bits per heavy atom. The van der Waals surface area contributed by atoms with Crippen molar-refractivity contribution in [1.29, 1.82) is 0 Å². The number of fused-ring (bicyclic) bond motifs is 1. The molecule has 7 heteroatoms. The maximum atomic E-state index is 14.3. The first-order valence-electron chi connectivity index (χ1n) is 7.11. The number of hydrogen-bond acceptors (Lipinski definition) is 3. The third-order valence-corrected chi connectivity index (χ3v) is 3.69. The highest BCUT2D eigenvalue weighted by molar-refractivity contribution is 5.88. The van der Waals surface area contributed by atoms with Crippen LogP contribution in [-0.4, -0.2) is 19.9 Å². The Morgan fingerprint density at radius 2 is 1.75 bits per heavy atom. The van der Waals surface area contributed by atoms with Crippen LogP contribution in [-0.2, 0) is 0 Å². The summed E-state index contributed by atoms with van der Waals surface area (Å²) in [4.78, 5) is 24.7. The maximum Gasteiger partial charge on any atom is 0.325 e. The summed E-state index contributed by atoms with van der Waals surface area (Å²) < 4.78 is 28.5. The zero-order chi connectivity index (χ0) is 16.7. The molecule has 0 aliphatic heterocycles. The van der Waals surface area contributed by atoms with Crippen LogP contribution < -0.4 is 5.69 Å². The molecule has 0 saturated heterocycles. The molecule has 3 heterocycles. The number of nitrogens with one attached hydrogen (secondary N) is 2. The molecule has 0 saturated carbocycles. The molecule has 4 rings (SSSR count). The fourth-order valence-electron chi connectivity index (χ4n) is 2.62. The fourth-order valence-corrected chi connectivity index (χ4v) is 2.62. The third kappa shape index (κ3) is 2.26. The Bertz CT molecular complexity index is 1030. The average molecular weight is 324 g/mol. The molecule has 4 aromatic rings. The van der Waals surface area contributed by atoms with E-state index in [1.165, 1.54) is 18.3 Å². The van der Waals surface area contributed by atoms with Gasteiger partial charge in [-0.3, -0.25) is 9.97 Å². The molecule has 2 N–H and O–H groups in total. The minimum Gasteiger partial charge on any atom is -0.304 e. The number of halogens is 2. The van der Waals surface area contributed by atoms with Crippen molar-refractivity contribution in [1.82, 2.24) is 19.9 Å². The molecular formula is C17H10F2N4O. The van der Waals surface area contributed by atoms with Gasteiger partial charge in [0.15, 0.2) is 5.65 Å². The van der Waals surface area contributed by atoms with E-state index >= 15 is 0 Å². The van der Waals surface area contributed by atoms with Crippen molar-refractivity contribution < 1.29 is 8.78 Å². The predicted octanol–water partition coefficient (Wildman–Crippen LogP) is 3.26. The molecule has 0 spiro atoms. The van der Waals surface area contributed by atoms with E-state index in [1.54, 1.807) is 24.3 Å². The summed E-state index contributed by atoms with van der Waals surface area (Å²) in [6.07, 6.45) is 2.51. The second-order valence-corrected chi connectivity index (χ2v) is 5.20. The molecule has 0 aliphatic rings. The quantitative estimate of drug-likeness (QED) is 0.594.